The lowest BCUT2D eigenvalue weighted by Gasteiger charge is -2.11. The fraction of sp³-hybridized carbons (Fsp3) is 0.0800. The van der Waals surface area contributed by atoms with Gasteiger partial charge >= 0.3 is 0 Å². The van der Waals surface area contributed by atoms with E-state index in [9.17, 15) is 0 Å². The van der Waals surface area contributed by atoms with Crippen molar-refractivity contribution in [2.75, 3.05) is 14.2 Å². The van der Waals surface area contributed by atoms with Crippen molar-refractivity contribution >= 4 is 16.4 Å². The molecular formula is C25H20N2O3. The second-order valence-electron chi connectivity index (χ2n) is 6.84. The van der Waals surface area contributed by atoms with E-state index < -0.39 is 0 Å². The van der Waals surface area contributed by atoms with E-state index in [-0.39, 0.29) is 0 Å². The van der Waals surface area contributed by atoms with Crippen LogP contribution in [-0.4, -0.2) is 23.6 Å². The fourth-order valence-corrected chi connectivity index (χ4v) is 3.59. The van der Waals surface area contributed by atoms with E-state index in [4.69, 9.17) is 19.2 Å². The molecule has 0 aliphatic rings. The molecule has 2 aromatic heterocycles. The van der Waals surface area contributed by atoms with Crippen molar-refractivity contribution in [1.82, 2.24) is 9.38 Å². The zero-order chi connectivity index (χ0) is 20.5. The number of imidazole rings is 1. The van der Waals surface area contributed by atoms with E-state index in [1.165, 1.54) is 0 Å². The maximum absolute atomic E-state index is 6.39. The van der Waals surface area contributed by atoms with E-state index >= 15 is 0 Å². The van der Waals surface area contributed by atoms with Crippen LogP contribution in [0.25, 0.3) is 27.7 Å². The Morgan fingerprint density at radius 2 is 1.47 bits per heavy atom. The molecule has 5 rings (SSSR count). The van der Waals surface area contributed by atoms with Crippen molar-refractivity contribution in [2.45, 2.75) is 0 Å². The molecule has 148 valence electrons. The van der Waals surface area contributed by atoms with Crippen molar-refractivity contribution in [3.63, 3.8) is 0 Å². The summed E-state index contributed by atoms with van der Waals surface area (Å²) in [4.78, 5) is 4.97. The third kappa shape index (κ3) is 3.01. The third-order valence-electron chi connectivity index (χ3n) is 5.11. The van der Waals surface area contributed by atoms with Crippen molar-refractivity contribution in [3.8, 4) is 34.4 Å². The highest BCUT2D eigenvalue weighted by Gasteiger charge is 2.19. The minimum Gasteiger partial charge on any atom is -0.497 e. The van der Waals surface area contributed by atoms with Gasteiger partial charge < -0.3 is 14.2 Å². The molecule has 0 aliphatic carbocycles. The van der Waals surface area contributed by atoms with Gasteiger partial charge in [-0.15, -0.1) is 0 Å². The molecule has 0 saturated carbocycles. The molecule has 0 spiro atoms. The largest absolute Gasteiger partial charge is 0.497 e. The number of rotatable bonds is 5. The summed E-state index contributed by atoms with van der Waals surface area (Å²) in [5.74, 6) is 2.71. The van der Waals surface area contributed by atoms with Gasteiger partial charge in [0.25, 0.3) is 0 Å². The number of fused-ring (bicyclic) bond motifs is 3. The van der Waals surface area contributed by atoms with Crippen LogP contribution in [0.15, 0.2) is 85.1 Å². The highest BCUT2D eigenvalue weighted by atomic mass is 16.5. The summed E-state index contributed by atoms with van der Waals surface area (Å²) in [5, 5.41) is 2.18. The van der Waals surface area contributed by atoms with Gasteiger partial charge in [0.05, 0.1) is 14.2 Å². The van der Waals surface area contributed by atoms with Gasteiger partial charge in [-0.2, -0.15) is 0 Å². The molecule has 0 fully saturated rings. The molecule has 0 amide bonds. The molecule has 5 heteroatoms. The monoisotopic (exact) mass is 396 g/mol. The van der Waals surface area contributed by atoms with E-state index in [0.717, 1.165) is 33.4 Å². The maximum Gasteiger partial charge on any atom is 0.232 e. The molecule has 30 heavy (non-hydrogen) atoms. The van der Waals surface area contributed by atoms with Crippen LogP contribution in [0.5, 0.6) is 23.1 Å². The standard InChI is InChI=1S/C25H20N2O3/c1-28-19-13-11-18(12-14-19)23-25(30-22-10-6-5-9-21(22)29-2)27-16-15-17-7-3-4-8-20(17)24(27)26-23/h3-16H,1-2H3. The summed E-state index contributed by atoms with van der Waals surface area (Å²) in [6.45, 7) is 0. The summed E-state index contributed by atoms with van der Waals surface area (Å²) in [7, 11) is 3.29. The van der Waals surface area contributed by atoms with Crippen molar-refractivity contribution in [3.05, 3.63) is 85.1 Å². The summed E-state index contributed by atoms with van der Waals surface area (Å²) < 4.78 is 19.2. The SMILES string of the molecule is COc1ccc(-c2nc3c4ccccc4ccn3c2Oc2ccccc2OC)cc1. The quantitative estimate of drug-likeness (QED) is 0.367. The molecule has 0 radical (unpaired) electrons. The van der Waals surface area contributed by atoms with Crippen LogP contribution in [0.2, 0.25) is 0 Å². The Morgan fingerprint density at radius 1 is 0.733 bits per heavy atom. The Morgan fingerprint density at radius 3 is 2.23 bits per heavy atom. The number of pyridine rings is 1. The molecule has 0 N–H and O–H groups in total. The first-order chi connectivity index (χ1) is 14.8. The molecular weight excluding hydrogens is 376 g/mol. The van der Waals surface area contributed by atoms with Crippen LogP contribution in [0.1, 0.15) is 0 Å². The van der Waals surface area contributed by atoms with Gasteiger partial charge in [0.2, 0.25) is 5.88 Å². The van der Waals surface area contributed by atoms with Gasteiger partial charge in [-0.05, 0) is 47.9 Å². The third-order valence-corrected chi connectivity index (χ3v) is 5.11. The number of hydrogen-bond donors (Lipinski definition) is 0. The van der Waals surface area contributed by atoms with E-state index in [1.54, 1.807) is 14.2 Å². The lowest BCUT2D eigenvalue weighted by molar-refractivity contribution is 0.373. The molecule has 3 aromatic carbocycles. The Labute approximate surface area is 174 Å². The highest BCUT2D eigenvalue weighted by Crippen LogP contribution is 2.39. The molecule has 5 nitrogen and oxygen atoms in total. The van der Waals surface area contributed by atoms with Crippen LogP contribution >= 0.6 is 0 Å². The van der Waals surface area contributed by atoms with Crippen LogP contribution in [0, 0.1) is 0 Å². The highest BCUT2D eigenvalue weighted by molar-refractivity contribution is 5.95. The van der Waals surface area contributed by atoms with E-state index in [2.05, 4.69) is 18.2 Å². The van der Waals surface area contributed by atoms with Gasteiger partial charge in [0.15, 0.2) is 11.5 Å². The summed E-state index contributed by atoms with van der Waals surface area (Å²) in [5.41, 5.74) is 2.53. The van der Waals surface area contributed by atoms with Gasteiger partial charge in [-0.25, -0.2) is 4.98 Å². The van der Waals surface area contributed by atoms with Gasteiger partial charge in [0.1, 0.15) is 17.1 Å². The second-order valence-corrected chi connectivity index (χ2v) is 6.84. The number of para-hydroxylation sites is 2. The number of benzene rings is 3. The van der Waals surface area contributed by atoms with Gasteiger partial charge in [-0.3, -0.25) is 4.40 Å². The zero-order valence-corrected chi connectivity index (χ0v) is 16.7. The normalized spacial score (nSPS) is 11.0. The summed E-state index contributed by atoms with van der Waals surface area (Å²) >= 11 is 0. The number of aromatic nitrogens is 2. The minimum absolute atomic E-state index is 0.629. The molecule has 0 unspecified atom stereocenters. The Bertz CT molecular complexity index is 1340. The Kier molecular flexibility index (Phi) is 4.48. The molecule has 0 saturated heterocycles. The predicted molar refractivity (Wildman–Crippen MR) is 118 cm³/mol. The number of ether oxygens (including phenoxy) is 3. The van der Waals surface area contributed by atoms with Crippen LogP contribution in [0.3, 0.4) is 0 Å². The summed E-state index contributed by atoms with van der Waals surface area (Å²) in [6.07, 6.45) is 1.99. The molecule has 0 atom stereocenters. The topological polar surface area (TPSA) is 45.0 Å². The first kappa shape index (κ1) is 18.1. The zero-order valence-electron chi connectivity index (χ0n) is 16.7. The van der Waals surface area contributed by atoms with Crippen molar-refractivity contribution in [1.29, 1.82) is 0 Å². The van der Waals surface area contributed by atoms with E-state index in [0.29, 0.717) is 17.4 Å². The van der Waals surface area contributed by atoms with Crippen molar-refractivity contribution in [2.24, 2.45) is 0 Å². The molecule has 2 heterocycles. The number of nitrogens with zero attached hydrogens (tertiary/aromatic N) is 2. The van der Waals surface area contributed by atoms with Gasteiger partial charge in [-0.1, -0.05) is 36.4 Å². The Hall–Kier alpha value is -3.99. The molecule has 0 aliphatic heterocycles. The fourth-order valence-electron chi connectivity index (χ4n) is 3.59. The minimum atomic E-state index is 0.629. The van der Waals surface area contributed by atoms with Gasteiger partial charge in [0, 0.05) is 17.1 Å². The number of methoxy groups -OCH3 is 2. The first-order valence-corrected chi connectivity index (χ1v) is 9.63. The summed E-state index contributed by atoms with van der Waals surface area (Å²) in [6, 6.07) is 25.7. The predicted octanol–water partition coefficient (Wildman–Crippen LogP) is 5.96. The second kappa shape index (κ2) is 7.44. The lowest BCUT2D eigenvalue weighted by atomic mass is 10.1. The van der Waals surface area contributed by atoms with Crippen LogP contribution in [-0.2, 0) is 0 Å². The molecule has 5 aromatic rings. The van der Waals surface area contributed by atoms with Crippen molar-refractivity contribution < 1.29 is 14.2 Å². The van der Waals surface area contributed by atoms with E-state index in [1.807, 2.05) is 71.3 Å². The Balaban J connectivity index is 1.76. The first-order valence-electron chi connectivity index (χ1n) is 9.63. The molecule has 0 bridgehead atoms. The average Bonchev–Trinajstić information content (AvgIpc) is 3.18. The average molecular weight is 396 g/mol. The maximum atomic E-state index is 6.39. The van der Waals surface area contributed by atoms with Crippen LogP contribution in [0.4, 0.5) is 0 Å². The smallest absolute Gasteiger partial charge is 0.232 e. The lowest BCUT2D eigenvalue weighted by Crippen LogP contribution is -1.95. The number of hydrogen-bond acceptors (Lipinski definition) is 4. The van der Waals surface area contributed by atoms with Crippen LogP contribution < -0.4 is 14.2 Å².